The van der Waals surface area contributed by atoms with Crippen LogP contribution in [-0.2, 0) is 4.74 Å². The minimum Gasteiger partial charge on any atom is -0.465 e. The largest absolute Gasteiger partial charge is 0.465 e. The molecule has 20 heavy (non-hydrogen) atoms. The molecule has 1 aromatic rings. The van der Waals surface area contributed by atoms with Gasteiger partial charge in [-0.25, -0.2) is 4.79 Å². The predicted octanol–water partition coefficient (Wildman–Crippen LogP) is 4.68. The Morgan fingerprint density at radius 1 is 1.20 bits per heavy atom. The number of carbonyl (C=O) groups excluding carboxylic acids is 1. The SMILES string of the molecule is CC.CC.COC(=O)c1ccc(N)c(C2=CCCC2)c1. The van der Waals surface area contributed by atoms with Crippen LogP contribution in [0.2, 0.25) is 0 Å². The molecule has 0 fully saturated rings. The molecular weight excluding hydrogens is 250 g/mol. The first kappa shape index (κ1) is 18.2. The standard InChI is InChI=1S/C13H15NO2.2C2H6/c1-16-13(15)10-6-7-12(14)11(8-10)9-4-2-3-5-9;2*1-2/h4,6-8H,2-3,5,14H2,1H3;2*1-2H3. The van der Waals surface area contributed by atoms with Crippen molar-refractivity contribution in [2.75, 3.05) is 12.8 Å². The van der Waals surface area contributed by atoms with Gasteiger partial charge < -0.3 is 10.5 Å². The van der Waals surface area contributed by atoms with Crippen molar-refractivity contribution in [3.8, 4) is 0 Å². The van der Waals surface area contributed by atoms with E-state index in [1.165, 1.54) is 12.7 Å². The van der Waals surface area contributed by atoms with Gasteiger partial charge in [-0.3, -0.25) is 0 Å². The lowest BCUT2D eigenvalue weighted by molar-refractivity contribution is 0.0600. The molecule has 1 aromatic carbocycles. The summed E-state index contributed by atoms with van der Waals surface area (Å²) in [7, 11) is 1.38. The van der Waals surface area contributed by atoms with E-state index in [0.29, 0.717) is 5.56 Å². The van der Waals surface area contributed by atoms with Gasteiger partial charge in [-0.1, -0.05) is 33.8 Å². The zero-order chi connectivity index (χ0) is 15.5. The van der Waals surface area contributed by atoms with E-state index in [1.54, 1.807) is 12.1 Å². The number of benzene rings is 1. The van der Waals surface area contributed by atoms with Gasteiger partial charge in [-0.2, -0.15) is 0 Å². The number of nitrogen functional groups attached to an aromatic ring is 1. The topological polar surface area (TPSA) is 52.3 Å². The third kappa shape index (κ3) is 4.72. The predicted molar refractivity (Wildman–Crippen MR) is 86.7 cm³/mol. The minimum absolute atomic E-state index is 0.320. The Morgan fingerprint density at radius 3 is 2.35 bits per heavy atom. The van der Waals surface area contributed by atoms with Crippen LogP contribution in [0.5, 0.6) is 0 Å². The maximum Gasteiger partial charge on any atom is 0.337 e. The maximum absolute atomic E-state index is 11.4. The maximum atomic E-state index is 11.4. The van der Waals surface area contributed by atoms with Crippen LogP contribution in [0.3, 0.4) is 0 Å². The highest BCUT2D eigenvalue weighted by Crippen LogP contribution is 2.31. The molecule has 3 nitrogen and oxygen atoms in total. The zero-order valence-corrected chi connectivity index (χ0v) is 13.3. The van der Waals surface area contributed by atoms with E-state index in [9.17, 15) is 4.79 Å². The van der Waals surface area contributed by atoms with Crippen molar-refractivity contribution in [1.29, 1.82) is 0 Å². The van der Waals surface area contributed by atoms with Crippen molar-refractivity contribution < 1.29 is 9.53 Å². The molecule has 1 aliphatic rings. The Morgan fingerprint density at radius 2 is 1.85 bits per heavy atom. The average molecular weight is 277 g/mol. The summed E-state index contributed by atoms with van der Waals surface area (Å²) < 4.78 is 4.69. The first-order valence-corrected chi connectivity index (χ1v) is 7.39. The number of rotatable bonds is 2. The van der Waals surface area contributed by atoms with Crippen LogP contribution in [0.15, 0.2) is 24.3 Å². The summed E-state index contributed by atoms with van der Waals surface area (Å²) in [6, 6.07) is 5.28. The second-order valence-electron chi connectivity index (χ2n) is 3.92. The van der Waals surface area contributed by atoms with Crippen LogP contribution in [0.25, 0.3) is 5.57 Å². The van der Waals surface area contributed by atoms with Crippen molar-refractivity contribution in [2.24, 2.45) is 0 Å². The lowest BCUT2D eigenvalue weighted by atomic mass is 10.0. The number of hydrogen-bond donors (Lipinski definition) is 1. The quantitative estimate of drug-likeness (QED) is 0.631. The van der Waals surface area contributed by atoms with Gasteiger partial charge >= 0.3 is 5.97 Å². The van der Waals surface area contributed by atoms with E-state index in [2.05, 4.69) is 6.08 Å². The summed E-state index contributed by atoms with van der Waals surface area (Å²) in [6.45, 7) is 8.00. The van der Waals surface area contributed by atoms with E-state index >= 15 is 0 Å². The number of nitrogens with two attached hydrogens (primary N) is 1. The molecule has 0 heterocycles. The Labute approximate surface area is 122 Å². The normalized spacial score (nSPS) is 12.3. The second kappa shape index (κ2) is 10.1. The number of methoxy groups -OCH3 is 1. The van der Waals surface area contributed by atoms with E-state index in [-0.39, 0.29) is 5.97 Å². The molecule has 0 atom stereocenters. The van der Waals surface area contributed by atoms with Crippen LogP contribution in [0.1, 0.15) is 62.9 Å². The molecule has 0 unspecified atom stereocenters. The minimum atomic E-state index is -0.320. The van der Waals surface area contributed by atoms with Gasteiger partial charge in [-0.05, 0) is 43.0 Å². The number of ether oxygens (including phenoxy) is 1. The van der Waals surface area contributed by atoms with Crippen molar-refractivity contribution in [1.82, 2.24) is 0 Å². The molecule has 112 valence electrons. The fraction of sp³-hybridized carbons (Fsp3) is 0.471. The highest BCUT2D eigenvalue weighted by molar-refractivity contribution is 5.92. The highest BCUT2D eigenvalue weighted by Gasteiger charge is 2.13. The molecule has 2 rings (SSSR count). The fourth-order valence-corrected chi connectivity index (χ4v) is 1.99. The van der Waals surface area contributed by atoms with Gasteiger partial charge in [0, 0.05) is 11.3 Å². The zero-order valence-electron chi connectivity index (χ0n) is 13.3. The van der Waals surface area contributed by atoms with Crippen LogP contribution in [-0.4, -0.2) is 13.1 Å². The van der Waals surface area contributed by atoms with Gasteiger partial charge in [0.25, 0.3) is 0 Å². The van der Waals surface area contributed by atoms with Crippen molar-refractivity contribution >= 4 is 17.2 Å². The summed E-state index contributed by atoms with van der Waals surface area (Å²) >= 11 is 0. The molecule has 0 aliphatic heterocycles. The summed E-state index contributed by atoms with van der Waals surface area (Å²) in [4.78, 5) is 11.4. The van der Waals surface area contributed by atoms with Crippen molar-refractivity contribution in [3.05, 3.63) is 35.4 Å². The lowest BCUT2D eigenvalue weighted by Crippen LogP contribution is -2.03. The van der Waals surface area contributed by atoms with E-state index in [0.717, 1.165) is 30.5 Å². The van der Waals surface area contributed by atoms with E-state index < -0.39 is 0 Å². The summed E-state index contributed by atoms with van der Waals surface area (Å²) in [5.74, 6) is -0.320. The molecule has 2 N–H and O–H groups in total. The van der Waals surface area contributed by atoms with Crippen LogP contribution < -0.4 is 5.73 Å². The molecule has 0 aromatic heterocycles. The Kier molecular flexibility index (Phi) is 9.18. The van der Waals surface area contributed by atoms with Crippen molar-refractivity contribution in [2.45, 2.75) is 47.0 Å². The monoisotopic (exact) mass is 277 g/mol. The number of carbonyl (C=O) groups is 1. The molecular formula is C17H27NO2. The molecule has 0 amide bonds. The van der Waals surface area contributed by atoms with Gasteiger partial charge in [-0.15, -0.1) is 0 Å². The number of anilines is 1. The fourth-order valence-electron chi connectivity index (χ4n) is 1.99. The highest BCUT2D eigenvalue weighted by atomic mass is 16.5. The summed E-state index contributed by atoms with van der Waals surface area (Å²) in [5.41, 5.74) is 9.41. The van der Waals surface area contributed by atoms with Crippen LogP contribution >= 0.6 is 0 Å². The van der Waals surface area contributed by atoms with E-state index in [1.807, 2.05) is 33.8 Å². The summed E-state index contributed by atoms with van der Waals surface area (Å²) in [5, 5.41) is 0. The van der Waals surface area contributed by atoms with E-state index in [4.69, 9.17) is 10.5 Å². The molecule has 0 bridgehead atoms. The molecule has 0 saturated carbocycles. The first-order valence-electron chi connectivity index (χ1n) is 7.39. The number of esters is 1. The van der Waals surface area contributed by atoms with Crippen LogP contribution in [0, 0.1) is 0 Å². The third-order valence-corrected chi connectivity index (χ3v) is 2.86. The smallest absolute Gasteiger partial charge is 0.337 e. The number of hydrogen-bond acceptors (Lipinski definition) is 3. The molecule has 0 saturated heterocycles. The van der Waals surface area contributed by atoms with Gasteiger partial charge in [0.15, 0.2) is 0 Å². The lowest BCUT2D eigenvalue weighted by Gasteiger charge is -2.08. The second-order valence-corrected chi connectivity index (χ2v) is 3.92. The molecule has 1 aliphatic carbocycles. The molecule has 3 heteroatoms. The Bertz CT molecular complexity index is 450. The summed E-state index contributed by atoms with van der Waals surface area (Å²) in [6.07, 6.45) is 5.48. The van der Waals surface area contributed by atoms with Gasteiger partial charge in [0.2, 0.25) is 0 Å². The Hall–Kier alpha value is -1.77. The van der Waals surface area contributed by atoms with Gasteiger partial charge in [0.05, 0.1) is 12.7 Å². The Balaban J connectivity index is 0.000000829. The van der Waals surface area contributed by atoms with Crippen LogP contribution in [0.4, 0.5) is 5.69 Å². The molecule has 0 spiro atoms. The molecule has 0 radical (unpaired) electrons. The van der Waals surface area contributed by atoms with Gasteiger partial charge in [0.1, 0.15) is 0 Å². The number of allylic oxidation sites excluding steroid dienone is 2. The van der Waals surface area contributed by atoms with Crippen molar-refractivity contribution in [3.63, 3.8) is 0 Å². The average Bonchev–Trinajstić information content (AvgIpc) is 3.05. The first-order chi connectivity index (χ1) is 9.72. The third-order valence-electron chi connectivity index (χ3n) is 2.86.